The summed E-state index contributed by atoms with van der Waals surface area (Å²) < 4.78 is 45.9. The molecule has 0 N–H and O–H groups in total. The van der Waals surface area contributed by atoms with Crippen molar-refractivity contribution in [2.75, 3.05) is 13.2 Å². The van der Waals surface area contributed by atoms with Crippen molar-refractivity contribution in [3.05, 3.63) is 53.6 Å². The smallest absolute Gasteiger partial charge is 0.744 e. The Morgan fingerprint density at radius 3 is 1.05 bits per heavy atom. The Bertz CT molecular complexity index is 1310. The SMILES string of the molecule is CC/C=C/CCCCCCCCCCCCCCCCCOC(=O)c1ccc(S(=O)(=O)[O-])cc1C(=O)OCCCCCCCCCCCCCCCCC/C=C/CC.[K+]. The molecule has 0 amide bonds. The van der Waals surface area contributed by atoms with Crippen LogP contribution in [0, 0.1) is 0 Å². The summed E-state index contributed by atoms with van der Waals surface area (Å²) in [6, 6.07) is 3.15. The van der Waals surface area contributed by atoms with E-state index in [0.29, 0.717) is 12.8 Å². The van der Waals surface area contributed by atoms with E-state index in [0.717, 1.165) is 57.1 Å². The third-order valence-corrected chi connectivity index (χ3v) is 11.9. The molecule has 1 rings (SSSR count). The quantitative estimate of drug-likeness (QED) is 0.0212. The Labute approximate surface area is 405 Å². The molecule has 0 bridgehead atoms. The van der Waals surface area contributed by atoms with Crippen LogP contribution in [0.1, 0.15) is 253 Å². The first kappa shape index (κ1) is 58.2. The number of carbonyl (C=O) groups is 2. The molecule has 0 spiro atoms. The van der Waals surface area contributed by atoms with Crippen molar-refractivity contribution in [1.82, 2.24) is 0 Å². The number of carbonyl (C=O) groups excluding carboxylic acids is 2. The van der Waals surface area contributed by atoms with Gasteiger partial charge in [-0.2, -0.15) is 0 Å². The van der Waals surface area contributed by atoms with Gasteiger partial charge in [0, 0.05) is 0 Å². The van der Waals surface area contributed by atoms with Crippen LogP contribution in [0.2, 0.25) is 0 Å². The predicted molar refractivity (Wildman–Crippen MR) is 242 cm³/mol. The molecule has 59 heavy (non-hydrogen) atoms. The van der Waals surface area contributed by atoms with Crippen LogP contribution in [0.3, 0.4) is 0 Å². The van der Waals surface area contributed by atoms with Gasteiger partial charge in [-0.3, -0.25) is 0 Å². The van der Waals surface area contributed by atoms with Gasteiger partial charge in [-0.1, -0.05) is 205 Å². The Hall–Kier alpha value is -0.814. The monoisotopic (exact) mass is 869 g/mol. The number of ether oxygens (including phenoxy) is 2. The zero-order chi connectivity index (χ0) is 42.2. The Kier molecular flexibility index (Phi) is 41.9. The fourth-order valence-electron chi connectivity index (χ4n) is 7.40. The maximum Gasteiger partial charge on any atom is 1.00 e. The van der Waals surface area contributed by atoms with E-state index >= 15 is 0 Å². The van der Waals surface area contributed by atoms with Gasteiger partial charge in [-0.25, -0.2) is 18.0 Å². The number of allylic oxidation sites excluding steroid dienone is 4. The minimum atomic E-state index is -4.82. The summed E-state index contributed by atoms with van der Waals surface area (Å²) in [5.41, 5.74) is -0.331. The number of unbranched alkanes of at least 4 members (excludes halogenated alkanes) is 30. The second-order valence-corrected chi connectivity index (χ2v) is 17.8. The fourth-order valence-corrected chi connectivity index (χ4v) is 7.90. The van der Waals surface area contributed by atoms with E-state index in [1.807, 2.05) is 0 Å². The summed E-state index contributed by atoms with van der Waals surface area (Å²) in [6.07, 6.45) is 50.8. The van der Waals surface area contributed by atoms with Crippen molar-refractivity contribution in [3.63, 3.8) is 0 Å². The van der Waals surface area contributed by atoms with Crippen molar-refractivity contribution in [2.45, 2.75) is 237 Å². The van der Waals surface area contributed by atoms with Crippen LogP contribution >= 0.6 is 0 Å². The number of hydrogen-bond acceptors (Lipinski definition) is 7. The van der Waals surface area contributed by atoms with E-state index in [1.165, 1.54) is 167 Å². The van der Waals surface area contributed by atoms with E-state index in [-0.39, 0.29) is 75.7 Å². The number of benzene rings is 1. The molecule has 1 aromatic carbocycles. The first-order valence-electron chi connectivity index (χ1n) is 24.0. The van der Waals surface area contributed by atoms with Gasteiger partial charge in [0.1, 0.15) is 10.1 Å². The zero-order valence-electron chi connectivity index (χ0n) is 38.3. The van der Waals surface area contributed by atoms with Crippen molar-refractivity contribution in [2.24, 2.45) is 0 Å². The van der Waals surface area contributed by atoms with Gasteiger partial charge in [0.25, 0.3) is 0 Å². The second-order valence-electron chi connectivity index (χ2n) is 16.4. The van der Waals surface area contributed by atoms with E-state index < -0.39 is 27.0 Å². The molecule has 0 unspecified atom stereocenters. The van der Waals surface area contributed by atoms with Crippen molar-refractivity contribution in [3.8, 4) is 0 Å². The van der Waals surface area contributed by atoms with Crippen LogP contribution in [-0.4, -0.2) is 38.1 Å². The molecule has 0 aliphatic heterocycles. The second kappa shape index (κ2) is 42.5. The first-order chi connectivity index (χ1) is 28.3. The molecule has 1 aromatic rings. The molecule has 7 nitrogen and oxygen atoms in total. The minimum absolute atomic E-state index is 0. The summed E-state index contributed by atoms with van der Waals surface area (Å²) in [4.78, 5) is 25.3. The van der Waals surface area contributed by atoms with Crippen LogP contribution < -0.4 is 51.4 Å². The van der Waals surface area contributed by atoms with Gasteiger partial charge in [0.15, 0.2) is 0 Å². The van der Waals surface area contributed by atoms with Gasteiger partial charge in [-0.15, -0.1) is 0 Å². The number of rotatable bonds is 41. The molecule has 0 aromatic heterocycles. The topological polar surface area (TPSA) is 110 Å². The molecule has 0 aliphatic carbocycles. The Balaban J connectivity index is 0.0000336. The van der Waals surface area contributed by atoms with Gasteiger partial charge >= 0.3 is 63.3 Å². The molecule has 0 fully saturated rings. The Morgan fingerprint density at radius 1 is 0.458 bits per heavy atom. The van der Waals surface area contributed by atoms with E-state index in [1.54, 1.807) is 0 Å². The largest absolute Gasteiger partial charge is 1.00 e. The molecule has 0 heterocycles. The van der Waals surface area contributed by atoms with E-state index in [4.69, 9.17) is 9.47 Å². The standard InChI is InChI=1S/C50H86O7S.K/c1-3-5-7-9-11-13-15-17-19-21-23-25-27-29-31-33-35-37-39-43-56-49(51)47-42-41-46(58(53,54)55)45-48(47)50(52)57-44-40-38-36-34-32-30-28-26-24-22-20-18-16-14-12-10-8-6-4-2;/h5-8,41-42,45H,3-4,9-40,43-44H2,1-2H3,(H,53,54,55);/q;+1/p-1/b7-5+,8-6+;. The normalized spacial score (nSPS) is 11.7. The van der Waals surface area contributed by atoms with E-state index in [9.17, 15) is 22.6 Å². The molecule has 0 radical (unpaired) electrons. The van der Waals surface area contributed by atoms with Gasteiger partial charge in [0.05, 0.1) is 29.2 Å². The Morgan fingerprint density at radius 2 is 0.746 bits per heavy atom. The van der Waals surface area contributed by atoms with Crippen LogP contribution in [0.5, 0.6) is 0 Å². The summed E-state index contributed by atoms with van der Waals surface area (Å²) in [7, 11) is -4.82. The maximum atomic E-state index is 13.0. The molecule has 334 valence electrons. The summed E-state index contributed by atoms with van der Waals surface area (Å²) in [5, 5.41) is 0. The minimum Gasteiger partial charge on any atom is -0.744 e. The van der Waals surface area contributed by atoms with Crippen LogP contribution in [0.4, 0.5) is 0 Å². The number of esters is 2. The van der Waals surface area contributed by atoms with Crippen molar-refractivity contribution < 1.29 is 83.4 Å². The molecule has 0 atom stereocenters. The molecule has 0 aliphatic rings. The summed E-state index contributed by atoms with van der Waals surface area (Å²) in [5.74, 6) is -1.54. The first-order valence-corrected chi connectivity index (χ1v) is 25.5. The van der Waals surface area contributed by atoms with Gasteiger partial charge in [0.2, 0.25) is 0 Å². The van der Waals surface area contributed by atoms with Crippen LogP contribution in [0.15, 0.2) is 47.4 Å². The average molecular weight is 869 g/mol. The summed E-state index contributed by atoms with van der Waals surface area (Å²) >= 11 is 0. The third-order valence-electron chi connectivity index (χ3n) is 11.0. The number of hydrogen-bond donors (Lipinski definition) is 0. The third kappa shape index (κ3) is 35.4. The average Bonchev–Trinajstić information content (AvgIpc) is 3.21. The van der Waals surface area contributed by atoms with Crippen LogP contribution in [-0.2, 0) is 19.6 Å². The molecular weight excluding hydrogens is 784 g/mol. The molecule has 0 saturated heterocycles. The van der Waals surface area contributed by atoms with Crippen molar-refractivity contribution in [1.29, 1.82) is 0 Å². The maximum absolute atomic E-state index is 13.0. The zero-order valence-corrected chi connectivity index (χ0v) is 42.2. The van der Waals surface area contributed by atoms with Gasteiger partial charge < -0.3 is 14.0 Å². The predicted octanol–water partition coefficient (Wildman–Crippen LogP) is 12.3. The molecule has 9 heteroatoms. The van der Waals surface area contributed by atoms with E-state index in [2.05, 4.69) is 38.2 Å². The fraction of sp³-hybridized carbons (Fsp3) is 0.760. The van der Waals surface area contributed by atoms with Crippen LogP contribution in [0.25, 0.3) is 0 Å². The van der Waals surface area contributed by atoms with Gasteiger partial charge in [-0.05, 0) is 69.6 Å². The summed E-state index contributed by atoms with van der Waals surface area (Å²) in [6.45, 7) is 4.74. The molecular formula is C50H85KO7S. The van der Waals surface area contributed by atoms with Crippen molar-refractivity contribution >= 4 is 22.1 Å². The molecule has 0 saturated carbocycles.